The number of nitrogens with one attached hydrogen (secondary N) is 1. The lowest BCUT2D eigenvalue weighted by atomic mass is 10.1. The predicted octanol–water partition coefficient (Wildman–Crippen LogP) is 6.10. The van der Waals surface area contributed by atoms with E-state index in [1.165, 1.54) is 23.3 Å². The van der Waals surface area contributed by atoms with Gasteiger partial charge in [-0.25, -0.2) is 4.39 Å². The summed E-state index contributed by atoms with van der Waals surface area (Å²) in [6.45, 7) is 0. The zero-order valence-corrected chi connectivity index (χ0v) is 14.3. The fourth-order valence-corrected chi connectivity index (χ4v) is 4.12. The monoisotopic (exact) mass is 417 g/mol. The van der Waals surface area contributed by atoms with E-state index in [0.29, 0.717) is 9.50 Å². The maximum absolute atomic E-state index is 13.3. The van der Waals surface area contributed by atoms with Crippen molar-refractivity contribution in [3.8, 4) is 0 Å². The Hall–Kier alpha value is -0.580. The minimum absolute atomic E-state index is 0.196. The van der Waals surface area contributed by atoms with Gasteiger partial charge < -0.3 is 5.32 Å². The van der Waals surface area contributed by atoms with Crippen molar-refractivity contribution in [1.29, 1.82) is 0 Å². The molecule has 2 aromatic carbocycles. The average Bonchev–Trinajstić information content (AvgIpc) is 2.78. The molecular weight excluding hydrogens is 408 g/mol. The van der Waals surface area contributed by atoms with Gasteiger partial charge in [0.25, 0.3) is 0 Å². The minimum Gasteiger partial charge on any atom is -0.376 e. The van der Waals surface area contributed by atoms with Crippen molar-refractivity contribution in [1.82, 2.24) is 0 Å². The van der Waals surface area contributed by atoms with Crippen LogP contribution in [-0.4, -0.2) is 0 Å². The Bertz CT molecular complexity index is 652. The molecule has 5 heteroatoms. The third kappa shape index (κ3) is 2.61. The molecule has 1 aliphatic rings. The van der Waals surface area contributed by atoms with Gasteiger partial charge in [0.1, 0.15) is 5.82 Å². The van der Waals surface area contributed by atoms with Crippen LogP contribution in [0.3, 0.4) is 0 Å². The van der Waals surface area contributed by atoms with Crippen molar-refractivity contribution >= 4 is 49.1 Å². The van der Waals surface area contributed by atoms with Crippen LogP contribution in [0, 0.1) is 5.82 Å². The highest BCUT2D eigenvalue weighted by Crippen LogP contribution is 2.40. The zero-order valence-electron chi connectivity index (χ0n) is 10.4. The number of anilines is 1. The maximum atomic E-state index is 13.3. The number of halogens is 4. The molecule has 20 heavy (non-hydrogen) atoms. The van der Waals surface area contributed by atoms with E-state index in [1.54, 1.807) is 0 Å². The van der Waals surface area contributed by atoms with Gasteiger partial charge in [-0.1, -0.05) is 39.7 Å². The van der Waals surface area contributed by atoms with E-state index >= 15 is 0 Å². The van der Waals surface area contributed by atoms with Gasteiger partial charge >= 0.3 is 0 Å². The second-order valence-electron chi connectivity index (χ2n) is 4.79. The van der Waals surface area contributed by atoms with Gasteiger partial charge in [0.05, 0.1) is 16.8 Å². The average molecular weight is 420 g/mol. The molecule has 2 aromatic rings. The second kappa shape index (κ2) is 5.66. The van der Waals surface area contributed by atoms with E-state index < -0.39 is 0 Å². The first-order chi connectivity index (χ1) is 9.56. The molecule has 0 saturated heterocycles. The predicted molar refractivity (Wildman–Crippen MR) is 87.9 cm³/mol. The molecule has 0 spiro atoms. The molecule has 1 unspecified atom stereocenters. The van der Waals surface area contributed by atoms with Gasteiger partial charge in [-0.15, -0.1) is 0 Å². The fraction of sp³-hybridized carbons (Fsp3) is 0.200. The van der Waals surface area contributed by atoms with Gasteiger partial charge in [-0.2, -0.15) is 0 Å². The summed E-state index contributed by atoms with van der Waals surface area (Å²) < 4.78 is 15.1. The summed E-state index contributed by atoms with van der Waals surface area (Å²) >= 11 is 13.1. The van der Waals surface area contributed by atoms with E-state index in [-0.39, 0.29) is 11.9 Å². The van der Waals surface area contributed by atoms with Crippen LogP contribution in [0.4, 0.5) is 10.1 Å². The summed E-state index contributed by atoms with van der Waals surface area (Å²) in [6.07, 6.45) is 2.02. The van der Waals surface area contributed by atoms with Crippen LogP contribution in [0.2, 0.25) is 5.02 Å². The lowest BCUT2D eigenvalue weighted by molar-refractivity contribution is 0.627. The summed E-state index contributed by atoms with van der Waals surface area (Å²) in [7, 11) is 0. The highest BCUT2D eigenvalue weighted by molar-refractivity contribution is 9.10. The molecule has 0 aliphatic heterocycles. The Labute approximate surface area is 138 Å². The Morgan fingerprint density at radius 3 is 2.75 bits per heavy atom. The van der Waals surface area contributed by atoms with Crippen LogP contribution in [0.15, 0.2) is 39.3 Å². The molecule has 0 heterocycles. The van der Waals surface area contributed by atoms with E-state index in [0.717, 1.165) is 23.0 Å². The zero-order chi connectivity index (χ0) is 14.3. The smallest absolute Gasteiger partial charge is 0.125 e. The van der Waals surface area contributed by atoms with Crippen LogP contribution in [0.1, 0.15) is 23.6 Å². The van der Waals surface area contributed by atoms with Crippen molar-refractivity contribution in [2.24, 2.45) is 0 Å². The Balaban J connectivity index is 1.94. The highest BCUT2D eigenvalue weighted by Gasteiger charge is 2.25. The molecule has 0 saturated carbocycles. The molecular formula is C15H11Br2ClFN. The van der Waals surface area contributed by atoms with E-state index in [1.807, 2.05) is 6.07 Å². The van der Waals surface area contributed by atoms with Gasteiger partial charge in [0.2, 0.25) is 0 Å². The van der Waals surface area contributed by atoms with Crippen molar-refractivity contribution < 1.29 is 4.39 Å². The molecule has 1 nitrogen and oxygen atoms in total. The summed E-state index contributed by atoms with van der Waals surface area (Å²) in [5, 5.41) is 3.81. The molecule has 1 N–H and O–H groups in total. The van der Waals surface area contributed by atoms with Crippen molar-refractivity contribution in [2.45, 2.75) is 18.9 Å². The lowest BCUT2D eigenvalue weighted by Gasteiger charge is -2.18. The second-order valence-corrected chi connectivity index (χ2v) is 6.90. The summed E-state index contributed by atoms with van der Waals surface area (Å²) in [5.41, 5.74) is 3.34. The highest BCUT2D eigenvalue weighted by atomic mass is 79.9. The molecule has 1 atom stereocenters. The molecule has 0 fully saturated rings. The van der Waals surface area contributed by atoms with Gasteiger partial charge in [-0.05, 0) is 58.1 Å². The standard InChI is InChI=1S/C15H11Br2ClFN/c16-11-3-1-2-10-9(11)4-5-14(10)20-15-12(17)6-8(19)7-13(15)18/h1-3,6-7,14,20H,4-5H2. The Kier molecular flexibility index (Phi) is 4.07. The van der Waals surface area contributed by atoms with Crippen LogP contribution < -0.4 is 5.32 Å². The van der Waals surface area contributed by atoms with Crippen LogP contribution in [0.25, 0.3) is 0 Å². The third-order valence-electron chi connectivity index (χ3n) is 3.54. The summed E-state index contributed by atoms with van der Waals surface area (Å²) in [4.78, 5) is 0. The first-order valence-corrected chi connectivity index (χ1v) is 8.21. The molecule has 3 rings (SSSR count). The van der Waals surface area contributed by atoms with Gasteiger partial charge in [0, 0.05) is 8.95 Å². The molecule has 0 radical (unpaired) electrons. The molecule has 104 valence electrons. The third-order valence-corrected chi connectivity index (χ3v) is 5.21. The maximum Gasteiger partial charge on any atom is 0.125 e. The number of hydrogen-bond acceptors (Lipinski definition) is 1. The number of benzene rings is 2. The van der Waals surface area contributed by atoms with E-state index in [9.17, 15) is 4.39 Å². The number of fused-ring (bicyclic) bond motifs is 1. The molecule has 0 bridgehead atoms. The molecule has 1 aliphatic carbocycles. The van der Waals surface area contributed by atoms with Crippen molar-refractivity contribution in [3.05, 3.63) is 61.2 Å². The summed E-state index contributed by atoms with van der Waals surface area (Å²) in [6, 6.07) is 9.15. The number of rotatable bonds is 2. The SMILES string of the molecule is Fc1cc(Cl)c(NC2CCc3c(Br)cccc32)c(Br)c1. The minimum atomic E-state index is -0.345. The van der Waals surface area contributed by atoms with Crippen LogP contribution in [-0.2, 0) is 6.42 Å². The Morgan fingerprint density at radius 1 is 1.20 bits per heavy atom. The van der Waals surface area contributed by atoms with Crippen molar-refractivity contribution in [3.63, 3.8) is 0 Å². The lowest BCUT2D eigenvalue weighted by Crippen LogP contribution is -2.08. The first kappa shape index (κ1) is 14.4. The summed E-state index contributed by atoms with van der Waals surface area (Å²) in [5.74, 6) is -0.345. The fourth-order valence-electron chi connectivity index (χ4n) is 2.61. The Morgan fingerprint density at radius 2 is 2.00 bits per heavy atom. The molecule has 0 amide bonds. The van der Waals surface area contributed by atoms with Gasteiger partial charge in [-0.3, -0.25) is 0 Å². The van der Waals surface area contributed by atoms with E-state index in [4.69, 9.17) is 11.6 Å². The first-order valence-electron chi connectivity index (χ1n) is 6.24. The normalized spacial score (nSPS) is 17.1. The quantitative estimate of drug-likeness (QED) is 0.620. The van der Waals surface area contributed by atoms with E-state index in [2.05, 4.69) is 49.3 Å². The van der Waals surface area contributed by atoms with Crippen LogP contribution >= 0.6 is 43.5 Å². The topological polar surface area (TPSA) is 12.0 Å². The largest absolute Gasteiger partial charge is 0.376 e. The van der Waals surface area contributed by atoms with Crippen molar-refractivity contribution in [2.75, 3.05) is 5.32 Å². The van der Waals surface area contributed by atoms with Gasteiger partial charge in [0.15, 0.2) is 0 Å². The number of hydrogen-bond donors (Lipinski definition) is 1. The van der Waals surface area contributed by atoms with Crippen LogP contribution in [0.5, 0.6) is 0 Å². The molecule has 0 aromatic heterocycles.